The number of carbonyl (C=O) groups is 2. The SMILES string of the molecule is Cc1cc(Nc2cc3c(nn2)N(C(=O)OC(C)(C)C)CCN3Cc2cc(Cl)ccc2Cl)c(OC(C)C)cc1C1CCN(C(=O)OC(C)(C)C)CC1. The average molecular weight is 742 g/mol. The molecule has 2 aromatic carbocycles. The van der Waals surface area contributed by atoms with Crippen LogP contribution in [0.5, 0.6) is 5.75 Å². The van der Waals surface area contributed by atoms with Crippen LogP contribution in [-0.2, 0) is 16.0 Å². The third-order valence-electron chi connectivity index (χ3n) is 8.51. The normalized spacial score (nSPS) is 15.5. The Kier molecular flexibility index (Phi) is 11.5. The molecule has 0 saturated carbocycles. The summed E-state index contributed by atoms with van der Waals surface area (Å²) in [5.74, 6) is 1.83. The predicted octanol–water partition coefficient (Wildman–Crippen LogP) is 9.50. The van der Waals surface area contributed by atoms with Gasteiger partial charge in [-0.05, 0) is 128 Å². The van der Waals surface area contributed by atoms with Crippen LogP contribution < -0.4 is 19.9 Å². The second-order valence-corrected chi connectivity index (χ2v) is 16.3. The van der Waals surface area contributed by atoms with Gasteiger partial charge in [-0.2, -0.15) is 0 Å². The lowest BCUT2D eigenvalue weighted by atomic mass is 9.86. The van der Waals surface area contributed by atoms with Gasteiger partial charge in [-0.15, -0.1) is 10.2 Å². The summed E-state index contributed by atoms with van der Waals surface area (Å²) < 4.78 is 17.7. The van der Waals surface area contributed by atoms with Gasteiger partial charge in [0.05, 0.1) is 17.5 Å². The van der Waals surface area contributed by atoms with Crippen molar-refractivity contribution in [1.82, 2.24) is 15.1 Å². The number of amides is 2. The summed E-state index contributed by atoms with van der Waals surface area (Å²) >= 11 is 12.9. The molecule has 11 nitrogen and oxygen atoms in total. The molecule has 0 radical (unpaired) electrons. The van der Waals surface area contributed by atoms with Gasteiger partial charge in [0, 0.05) is 48.8 Å². The highest BCUT2D eigenvalue weighted by Crippen LogP contribution is 2.40. The van der Waals surface area contributed by atoms with Crippen molar-refractivity contribution in [3.63, 3.8) is 0 Å². The number of benzene rings is 2. The molecule has 1 aromatic heterocycles. The molecule has 276 valence electrons. The Balaban J connectivity index is 1.44. The van der Waals surface area contributed by atoms with E-state index in [-0.39, 0.29) is 18.1 Å². The number of halogens is 2. The second kappa shape index (κ2) is 15.3. The van der Waals surface area contributed by atoms with Gasteiger partial charge >= 0.3 is 12.2 Å². The number of nitrogens with zero attached hydrogens (tertiary/aromatic N) is 5. The number of anilines is 4. The number of hydrogen-bond donors (Lipinski definition) is 1. The Morgan fingerprint density at radius 3 is 2.22 bits per heavy atom. The number of rotatable bonds is 7. The first kappa shape index (κ1) is 38.3. The molecule has 51 heavy (non-hydrogen) atoms. The van der Waals surface area contributed by atoms with Crippen molar-refractivity contribution in [3.05, 3.63) is 63.1 Å². The third-order valence-corrected chi connectivity index (χ3v) is 9.11. The number of fused-ring (bicyclic) bond motifs is 1. The first-order chi connectivity index (χ1) is 23.9. The van der Waals surface area contributed by atoms with E-state index in [0.29, 0.717) is 65.8 Å². The van der Waals surface area contributed by atoms with Gasteiger partial charge in [-0.1, -0.05) is 23.2 Å². The van der Waals surface area contributed by atoms with Crippen LogP contribution in [0.2, 0.25) is 10.0 Å². The summed E-state index contributed by atoms with van der Waals surface area (Å²) in [5, 5.41) is 13.7. The summed E-state index contributed by atoms with van der Waals surface area (Å²) in [6.45, 7) is 19.8. The summed E-state index contributed by atoms with van der Waals surface area (Å²) in [7, 11) is 0. The molecular formula is C38H50Cl2N6O5. The molecule has 2 amide bonds. The van der Waals surface area contributed by atoms with Crippen molar-refractivity contribution in [2.24, 2.45) is 0 Å². The minimum absolute atomic E-state index is 0.0786. The smallest absolute Gasteiger partial charge is 0.416 e. The van der Waals surface area contributed by atoms with Crippen molar-refractivity contribution in [2.45, 2.75) is 105 Å². The average Bonchev–Trinajstić information content (AvgIpc) is 3.02. The number of likely N-dealkylation sites (tertiary alicyclic amines) is 1. The van der Waals surface area contributed by atoms with Crippen LogP contribution in [0, 0.1) is 6.92 Å². The lowest BCUT2D eigenvalue weighted by molar-refractivity contribution is 0.0204. The third kappa shape index (κ3) is 9.89. The predicted molar refractivity (Wildman–Crippen MR) is 203 cm³/mol. The zero-order valence-electron chi connectivity index (χ0n) is 31.1. The molecule has 3 heterocycles. The number of ether oxygens (including phenoxy) is 3. The van der Waals surface area contributed by atoms with Gasteiger partial charge in [0.15, 0.2) is 11.6 Å². The van der Waals surface area contributed by atoms with Crippen LogP contribution in [0.1, 0.15) is 90.8 Å². The zero-order chi connectivity index (χ0) is 37.2. The highest BCUT2D eigenvalue weighted by molar-refractivity contribution is 6.33. The number of hydrogen-bond acceptors (Lipinski definition) is 9. The van der Waals surface area contributed by atoms with Crippen LogP contribution in [0.4, 0.5) is 32.6 Å². The number of aryl methyl sites for hydroxylation is 1. The number of nitrogens with one attached hydrogen (secondary N) is 1. The van der Waals surface area contributed by atoms with Gasteiger partial charge in [-0.3, -0.25) is 4.90 Å². The fourth-order valence-electron chi connectivity index (χ4n) is 6.27. The van der Waals surface area contributed by atoms with Crippen molar-refractivity contribution >= 4 is 58.4 Å². The Hall–Kier alpha value is -3.96. The fourth-order valence-corrected chi connectivity index (χ4v) is 6.64. The van der Waals surface area contributed by atoms with Crippen LogP contribution >= 0.6 is 23.2 Å². The number of piperidine rings is 1. The minimum Gasteiger partial charge on any atom is -0.489 e. The van der Waals surface area contributed by atoms with Crippen LogP contribution in [0.15, 0.2) is 36.4 Å². The summed E-state index contributed by atoms with van der Waals surface area (Å²) in [6.07, 6.45) is 0.811. The van der Waals surface area contributed by atoms with Crippen LogP contribution in [-0.4, -0.2) is 70.8 Å². The standard InChI is InChI=1S/C38H50Cl2N6O5/c1-23(2)49-32-20-28(25-12-14-44(15-13-25)35(47)50-37(4,5)6)24(3)18-30(32)41-33-21-31-34(43-42-33)46(36(48)51-38(7,8)9)17-16-45(31)22-26-19-27(39)10-11-29(26)40/h10-11,18-21,23,25H,12-17,22H2,1-9H3,(H,41,42). The van der Waals surface area contributed by atoms with Crippen molar-refractivity contribution in [3.8, 4) is 5.75 Å². The molecule has 0 bridgehead atoms. The quantitative estimate of drug-likeness (QED) is 0.253. The van der Waals surface area contributed by atoms with E-state index in [4.69, 9.17) is 37.4 Å². The summed E-state index contributed by atoms with van der Waals surface area (Å²) in [4.78, 5) is 31.4. The van der Waals surface area contributed by atoms with E-state index < -0.39 is 17.3 Å². The molecule has 5 rings (SSSR count). The molecule has 1 fully saturated rings. The molecule has 2 aliphatic heterocycles. The first-order valence-electron chi connectivity index (χ1n) is 17.5. The molecule has 3 aromatic rings. The maximum Gasteiger partial charge on any atom is 0.416 e. The monoisotopic (exact) mass is 740 g/mol. The molecule has 0 spiro atoms. The largest absolute Gasteiger partial charge is 0.489 e. The van der Waals surface area contributed by atoms with Gasteiger partial charge in [-0.25, -0.2) is 9.59 Å². The maximum atomic E-state index is 13.3. The molecule has 0 atom stereocenters. The second-order valence-electron chi connectivity index (χ2n) is 15.5. The van der Waals surface area contributed by atoms with Gasteiger partial charge in [0.25, 0.3) is 0 Å². The lowest BCUT2D eigenvalue weighted by Crippen LogP contribution is -2.46. The van der Waals surface area contributed by atoms with Gasteiger partial charge in [0.1, 0.15) is 17.0 Å². The lowest BCUT2D eigenvalue weighted by Gasteiger charge is -2.37. The Labute approximate surface area is 311 Å². The van der Waals surface area contributed by atoms with Gasteiger partial charge in [0.2, 0.25) is 0 Å². The molecule has 2 aliphatic rings. The Bertz CT molecular complexity index is 1750. The van der Waals surface area contributed by atoms with E-state index in [1.165, 1.54) is 10.5 Å². The zero-order valence-corrected chi connectivity index (χ0v) is 32.6. The fraction of sp³-hybridized carbons (Fsp3) is 0.526. The van der Waals surface area contributed by atoms with E-state index in [9.17, 15) is 9.59 Å². The number of carbonyl (C=O) groups excluding carboxylic acids is 2. The molecule has 0 unspecified atom stereocenters. The summed E-state index contributed by atoms with van der Waals surface area (Å²) in [6, 6.07) is 11.4. The van der Waals surface area contributed by atoms with Crippen molar-refractivity contribution in [2.75, 3.05) is 41.3 Å². The van der Waals surface area contributed by atoms with Crippen molar-refractivity contribution in [1.29, 1.82) is 0 Å². The molecular weight excluding hydrogens is 691 g/mol. The topological polar surface area (TPSA) is 109 Å². The van der Waals surface area contributed by atoms with E-state index >= 15 is 0 Å². The molecule has 1 saturated heterocycles. The van der Waals surface area contributed by atoms with Crippen LogP contribution in [0.3, 0.4) is 0 Å². The molecule has 0 aliphatic carbocycles. The Morgan fingerprint density at radius 2 is 1.57 bits per heavy atom. The molecule has 13 heteroatoms. The minimum atomic E-state index is -0.677. The van der Waals surface area contributed by atoms with Crippen LogP contribution in [0.25, 0.3) is 0 Å². The van der Waals surface area contributed by atoms with E-state index in [2.05, 4.69) is 39.5 Å². The highest BCUT2D eigenvalue weighted by Gasteiger charge is 2.33. The highest BCUT2D eigenvalue weighted by atomic mass is 35.5. The Morgan fingerprint density at radius 1 is 0.902 bits per heavy atom. The first-order valence-corrected chi connectivity index (χ1v) is 18.3. The van der Waals surface area contributed by atoms with E-state index in [1.807, 2.05) is 67.5 Å². The van der Waals surface area contributed by atoms with E-state index in [1.54, 1.807) is 17.0 Å². The van der Waals surface area contributed by atoms with Gasteiger partial charge < -0.3 is 29.3 Å². The maximum absolute atomic E-state index is 13.3. The number of aromatic nitrogens is 2. The summed E-state index contributed by atoms with van der Waals surface area (Å²) in [5.41, 5.74) is 3.37. The molecule has 1 N–H and O–H groups in total. The van der Waals surface area contributed by atoms with E-state index in [0.717, 1.165) is 29.7 Å². The van der Waals surface area contributed by atoms with Crippen molar-refractivity contribution < 1.29 is 23.8 Å².